The number of hydrogen-bond acceptors (Lipinski definition) is 2. The molecule has 94 valence electrons. The van der Waals surface area contributed by atoms with Crippen molar-refractivity contribution in [1.82, 2.24) is 4.57 Å². The second-order valence-electron chi connectivity index (χ2n) is 4.11. The molecule has 0 amide bonds. The number of nitro groups is 1. The van der Waals surface area contributed by atoms with Crippen LogP contribution in [0.3, 0.4) is 0 Å². The van der Waals surface area contributed by atoms with Gasteiger partial charge in [0.05, 0.1) is 15.0 Å². The average molecular weight is 317 g/mol. The lowest BCUT2D eigenvalue weighted by Crippen LogP contribution is -1.99. The Labute approximate surface area is 117 Å². The maximum absolute atomic E-state index is 11.1. The number of halogens is 1. The van der Waals surface area contributed by atoms with Crippen molar-refractivity contribution in [1.29, 1.82) is 0 Å². The van der Waals surface area contributed by atoms with E-state index in [4.69, 9.17) is 0 Å². The highest BCUT2D eigenvalue weighted by Crippen LogP contribution is 2.32. The molecule has 0 unspecified atom stereocenters. The molecule has 0 bridgehead atoms. The van der Waals surface area contributed by atoms with Gasteiger partial charge in [-0.2, -0.15) is 0 Å². The first-order valence-electron chi connectivity index (χ1n) is 5.68. The molecule has 0 radical (unpaired) electrons. The number of nitrogens with zero attached hydrogens (tertiary/aromatic N) is 2. The zero-order valence-electron chi connectivity index (χ0n) is 9.79. The summed E-state index contributed by atoms with van der Waals surface area (Å²) in [6.07, 6.45) is 0. The molecular weight excluding hydrogens is 308 g/mol. The summed E-state index contributed by atoms with van der Waals surface area (Å²) in [7, 11) is 0. The third kappa shape index (κ3) is 1.92. The molecule has 3 rings (SSSR count). The van der Waals surface area contributed by atoms with Crippen LogP contribution < -0.4 is 0 Å². The Hall–Kier alpha value is -2.14. The second-order valence-corrected chi connectivity index (χ2v) is 4.92. The van der Waals surface area contributed by atoms with E-state index in [1.54, 1.807) is 18.2 Å². The molecule has 0 saturated heterocycles. The van der Waals surface area contributed by atoms with Gasteiger partial charge < -0.3 is 0 Å². The van der Waals surface area contributed by atoms with Crippen LogP contribution >= 0.6 is 15.9 Å². The molecular formula is C14H9BrN2O2. The van der Waals surface area contributed by atoms with Crippen molar-refractivity contribution in [3.05, 3.63) is 69.3 Å². The highest BCUT2D eigenvalue weighted by atomic mass is 79.9. The maximum atomic E-state index is 11.1. The minimum Gasteiger partial charge on any atom is -0.298 e. The lowest BCUT2D eigenvalue weighted by Gasteiger charge is -2.07. The number of hydrogen-bond donors (Lipinski definition) is 0. The van der Waals surface area contributed by atoms with E-state index in [2.05, 4.69) is 15.9 Å². The smallest absolute Gasteiger partial charge is 0.293 e. The summed E-state index contributed by atoms with van der Waals surface area (Å²) in [5, 5.41) is 12.2. The fraction of sp³-hybridized carbons (Fsp3) is 0. The van der Waals surface area contributed by atoms with Crippen LogP contribution in [0, 0.1) is 10.1 Å². The monoisotopic (exact) mass is 316 g/mol. The maximum Gasteiger partial charge on any atom is 0.293 e. The van der Waals surface area contributed by atoms with Gasteiger partial charge in [-0.05, 0) is 34.1 Å². The molecule has 0 N–H and O–H groups in total. The lowest BCUT2D eigenvalue weighted by molar-refractivity contribution is -0.384. The molecule has 0 atom stereocenters. The predicted molar refractivity (Wildman–Crippen MR) is 77.6 cm³/mol. The summed E-state index contributed by atoms with van der Waals surface area (Å²) in [6.45, 7) is 0. The molecule has 0 aliphatic heterocycles. The topological polar surface area (TPSA) is 48.1 Å². The highest BCUT2D eigenvalue weighted by Gasteiger charge is 2.17. The van der Waals surface area contributed by atoms with E-state index in [9.17, 15) is 10.1 Å². The Bertz CT molecular complexity index is 780. The van der Waals surface area contributed by atoms with Crippen molar-refractivity contribution in [2.24, 2.45) is 0 Å². The minimum atomic E-state index is -0.365. The van der Waals surface area contributed by atoms with Crippen molar-refractivity contribution in [2.45, 2.75) is 0 Å². The van der Waals surface area contributed by atoms with Crippen LogP contribution in [0.1, 0.15) is 0 Å². The third-order valence-corrected chi connectivity index (χ3v) is 3.57. The standard InChI is InChI=1S/C14H9BrN2O2/c15-14-9-10-5-1-2-6-11(10)16(14)12-7-3-4-8-13(12)17(18)19/h1-9H. The van der Waals surface area contributed by atoms with E-state index in [0.29, 0.717) is 5.69 Å². The van der Waals surface area contributed by atoms with Gasteiger partial charge in [0, 0.05) is 11.5 Å². The van der Waals surface area contributed by atoms with Gasteiger partial charge in [-0.3, -0.25) is 14.7 Å². The van der Waals surface area contributed by atoms with Gasteiger partial charge in [0.2, 0.25) is 0 Å². The van der Waals surface area contributed by atoms with Crippen LogP contribution in [0.2, 0.25) is 0 Å². The lowest BCUT2D eigenvalue weighted by atomic mass is 10.2. The van der Waals surface area contributed by atoms with E-state index < -0.39 is 0 Å². The van der Waals surface area contributed by atoms with Crippen molar-refractivity contribution < 1.29 is 4.92 Å². The van der Waals surface area contributed by atoms with Crippen molar-refractivity contribution >= 4 is 32.5 Å². The van der Waals surface area contributed by atoms with Gasteiger partial charge in [0.1, 0.15) is 5.69 Å². The zero-order valence-corrected chi connectivity index (χ0v) is 11.4. The Balaban J connectivity index is 2.37. The number of aromatic nitrogens is 1. The van der Waals surface area contributed by atoms with Crippen molar-refractivity contribution in [3.8, 4) is 5.69 Å². The molecule has 1 aromatic heterocycles. The Kier molecular flexibility index (Phi) is 2.83. The van der Waals surface area contributed by atoms with E-state index in [1.807, 2.05) is 34.9 Å². The van der Waals surface area contributed by atoms with Crippen LogP contribution in [0.15, 0.2) is 59.2 Å². The van der Waals surface area contributed by atoms with Crippen LogP contribution in [0.5, 0.6) is 0 Å². The van der Waals surface area contributed by atoms with Crippen LogP contribution in [-0.2, 0) is 0 Å². The zero-order chi connectivity index (χ0) is 13.4. The Morgan fingerprint density at radius 1 is 1.05 bits per heavy atom. The molecule has 0 spiro atoms. The van der Waals surface area contributed by atoms with E-state index in [0.717, 1.165) is 15.5 Å². The van der Waals surface area contributed by atoms with Crippen LogP contribution in [0.4, 0.5) is 5.69 Å². The Morgan fingerprint density at radius 3 is 2.53 bits per heavy atom. The predicted octanol–water partition coefficient (Wildman–Crippen LogP) is 4.30. The van der Waals surface area contributed by atoms with Gasteiger partial charge in [0.15, 0.2) is 0 Å². The normalized spacial score (nSPS) is 10.8. The van der Waals surface area contributed by atoms with Gasteiger partial charge in [0.25, 0.3) is 5.69 Å². The van der Waals surface area contributed by atoms with E-state index >= 15 is 0 Å². The van der Waals surface area contributed by atoms with Crippen molar-refractivity contribution in [3.63, 3.8) is 0 Å². The summed E-state index contributed by atoms with van der Waals surface area (Å²) in [6, 6.07) is 16.4. The first-order chi connectivity index (χ1) is 9.18. The molecule has 0 fully saturated rings. The summed E-state index contributed by atoms with van der Waals surface area (Å²) in [5.41, 5.74) is 1.58. The van der Waals surface area contributed by atoms with Crippen molar-refractivity contribution in [2.75, 3.05) is 0 Å². The van der Waals surface area contributed by atoms with Gasteiger partial charge in [-0.1, -0.05) is 30.3 Å². The largest absolute Gasteiger partial charge is 0.298 e. The number of fused-ring (bicyclic) bond motifs is 1. The van der Waals surface area contributed by atoms with E-state index in [-0.39, 0.29) is 10.6 Å². The first-order valence-corrected chi connectivity index (χ1v) is 6.47. The SMILES string of the molecule is O=[N+]([O-])c1ccccc1-n1c(Br)cc2ccccc21. The van der Waals surface area contributed by atoms with Gasteiger partial charge in [-0.25, -0.2) is 0 Å². The molecule has 2 aromatic carbocycles. The van der Waals surface area contributed by atoms with Crippen LogP contribution in [0.25, 0.3) is 16.6 Å². The molecule has 0 aliphatic carbocycles. The number of nitro benzene ring substituents is 1. The molecule has 3 aromatic rings. The summed E-state index contributed by atoms with van der Waals surface area (Å²) >= 11 is 3.47. The quantitative estimate of drug-likeness (QED) is 0.522. The molecule has 5 heteroatoms. The molecule has 0 aliphatic rings. The van der Waals surface area contributed by atoms with Gasteiger partial charge in [-0.15, -0.1) is 0 Å². The first kappa shape index (κ1) is 11.9. The second kappa shape index (κ2) is 4.51. The summed E-state index contributed by atoms with van der Waals surface area (Å²) < 4.78 is 2.64. The molecule has 19 heavy (non-hydrogen) atoms. The highest BCUT2D eigenvalue weighted by molar-refractivity contribution is 9.10. The molecule has 1 heterocycles. The number of rotatable bonds is 2. The fourth-order valence-electron chi connectivity index (χ4n) is 2.17. The third-order valence-electron chi connectivity index (χ3n) is 2.99. The van der Waals surface area contributed by atoms with E-state index in [1.165, 1.54) is 6.07 Å². The number of para-hydroxylation sites is 3. The summed E-state index contributed by atoms with van der Waals surface area (Å²) in [4.78, 5) is 10.8. The van der Waals surface area contributed by atoms with Crippen LogP contribution in [-0.4, -0.2) is 9.49 Å². The summed E-state index contributed by atoms with van der Waals surface area (Å²) in [5.74, 6) is 0. The number of benzene rings is 2. The minimum absolute atomic E-state index is 0.0875. The fourth-order valence-corrected chi connectivity index (χ4v) is 2.80. The average Bonchev–Trinajstić information content (AvgIpc) is 2.74. The molecule has 0 saturated carbocycles. The molecule has 4 nitrogen and oxygen atoms in total. The Morgan fingerprint density at radius 2 is 1.74 bits per heavy atom. The van der Waals surface area contributed by atoms with Gasteiger partial charge >= 0.3 is 0 Å².